The van der Waals surface area contributed by atoms with E-state index in [4.69, 9.17) is 18.9 Å². The molecule has 0 spiro atoms. The summed E-state index contributed by atoms with van der Waals surface area (Å²) >= 11 is 0. The van der Waals surface area contributed by atoms with Crippen LogP contribution in [0.2, 0.25) is 0 Å². The predicted octanol–water partition coefficient (Wildman–Crippen LogP) is 4.94. The molecule has 1 aliphatic carbocycles. The van der Waals surface area contributed by atoms with E-state index >= 15 is 0 Å². The van der Waals surface area contributed by atoms with Gasteiger partial charge in [0.25, 0.3) is 0 Å². The minimum Gasteiger partial charge on any atom is -0.462 e. The standard InChI is InChI=1S/C29H41NO6/c1-18-12-14-22(29(2,3)19-10-8-7-9-11-19)25(16-18)36-26(31)21-17-24-20(27(33-4)34-5)13-15-23(21)30(24)28(32)35-6/h7-11,13,15,18,20-25,27H,12,14,16-17H2,1-6H3/t18-,20-,21+,22-,23+,24+,25-/m1/s1. The van der Waals surface area contributed by atoms with Gasteiger partial charge in [0.05, 0.1) is 19.1 Å². The van der Waals surface area contributed by atoms with E-state index in [0.717, 1.165) is 19.3 Å². The highest BCUT2D eigenvalue weighted by Crippen LogP contribution is 2.46. The average Bonchev–Trinajstić information content (AvgIpc) is 3.15. The number of amides is 1. The Kier molecular flexibility index (Phi) is 8.10. The zero-order valence-corrected chi connectivity index (χ0v) is 22.4. The van der Waals surface area contributed by atoms with Crippen molar-refractivity contribution in [3.05, 3.63) is 48.0 Å². The number of fused-ring (bicyclic) bond motifs is 2. The maximum Gasteiger partial charge on any atom is 0.410 e. The summed E-state index contributed by atoms with van der Waals surface area (Å²) in [5, 5.41) is 0. The maximum atomic E-state index is 13.7. The van der Waals surface area contributed by atoms with Crippen molar-refractivity contribution >= 4 is 12.1 Å². The summed E-state index contributed by atoms with van der Waals surface area (Å²) in [5.41, 5.74) is 1.13. The van der Waals surface area contributed by atoms with Crippen molar-refractivity contribution < 1.29 is 28.5 Å². The molecule has 2 fully saturated rings. The van der Waals surface area contributed by atoms with Crippen molar-refractivity contribution in [2.45, 2.75) is 76.3 Å². The van der Waals surface area contributed by atoms with Crippen molar-refractivity contribution in [3.8, 4) is 0 Å². The number of nitrogens with zero attached hydrogens (tertiary/aromatic N) is 1. The van der Waals surface area contributed by atoms with Crippen LogP contribution in [0, 0.1) is 23.7 Å². The van der Waals surface area contributed by atoms with Gasteiger partial charge in [-0.2, -0.15) is 0 Å². The number of rotatable bonds is 7. The molecular weight excluding hydrogens is 458 g/mol. The Morgan fingerprint density at radius 2 is 1.69 bits per heavy atom. The quantitative estimate of drug-likeness (QED) is 0.300. The highest BCUT2D eigenvalue weighted by molar-refractivity contribution is 5.78. The summed E-state index contributed by atoms with van der Waals surface area (Å²) in [5.74, 6) is -0.184. The first-order valence-corrected chi connectivity index (χ1v) is 13.1. The summed E-state index contributed by atoms with van der Waals surface area (Å²) in [4.78, 5) is 28.2. The van der Waals surface area contributed by atoms with Gasteiger partial charge in [-0.3, -0.25) is 9.69 Å². The second-order valence-electron chi connectivity index (χ2n) is 11.2. The minimum absolute atomic E-state index is 0.134. The van der Waals surface area contributed by atoms with E-state index in [1.54, 1.807) is 19.1 Å². The third-order valence-electron chi connectivity index (χ3n) is 8.79. The summed E-state index contributed by atoms with van der Waals surface area (Å²) in [6, 6.07) is 9.83. The molecule has 7 heteroatoms. The lowest BCUT2D eigenvalue weighted by Gasteiger charge is -2.44. The summed E-state index contributed by atoms with van der Waals surface area (Å²) in [7, 11) is 4.53. The van der Waals surface area contributed by atoms with Crippen molar-refractivity contribution in [1.82, 2.24) is 4.90 Å². The van der Waals surface area contributed by atoms with Gasteiger partial charge in [-0.1, -0.05) is 69.7 Å². The molecule has 7 atom stereocenters. The summed E-state index contributed by atoms with van der Waals surface area (Å²) in [6.45, 7) is 6.75. The zero-order valence-electron chi connectivity index (χ0n) is 22.4. The van der Waals surface area contributed by atoms with Gasteiger partial charge in [0.15, 0.2) is 6.29 Å². The molecule has 3 aliphatic rings. The van der Waals surface area contributed by atoms with Crippen LogP contribution in [0.15, 0.2) is 42.5 Å². The first-order chi connectivity index (χ1) is 17.2. The van der Waals surface area contributed by atoms with Crippen LogP contribution in [0.5, 0.6) is 0 Å². The molecule has 1 aromatic rings. The molecule has 1 amide bonds. The van der Waals surface area contributed by atoms with Gasteiger partial charge < -0.3 is 18.9 Å². The van der Waals surface area contributed by atoms with Gasteiger partial charge in [-0.25, -0.2) is 4.79 Å². The Hall–Kier alpha value is -2.38. The number of hydrogen-bond acceptors (Lipinski definition) is 6. The lowest BCUT2D eigenvalue weighted by molar-refractivity contribution is -0.161. The molecule has 36 heavy (non-hydrogen) atoms. The Morgan fingerprint density at radius 1 is 1.00 bits per heavy atom. The fourth-order valence-corrected chi connectivity index (χ4v) is 6.75. The number of methoxy groups -OCH3 is 3. The molecule has 4 rings (SSSR count). The van der Waals surface area contributed by atoms with Gasteiger partial charge >= 0.3 is 12.1 Å². The van der Waals surface area contributed by atoms with Crippen LogP contribution in [-0.4, -0.2) is 62.8 Å². The first kappa shape index (κ1) is 26.7. The number of ether oxygens (including phenoxy) is 4. The molecule has 1 aromatic carbocycles. The highest BCUT2D eigenvalue weighted by atomic mass is 16.7. The minimum atomic E-state index is -0.524. The van der Waals surface area contributed by atoms with Crippen molar-refractivity contribution in [3.63, 3.8) is 0 Å². The average molecular weight is 500 g/mol. The Morgan fingerprint density at radius 3 is 2.33 bits per heavy atom. The van der Waals surface area contributed by atoms with Crippen molar-refractivity contribution in [2.75, 3.05) is 21.3 Å². The maximum absolute atomic E-state index is 13.7. The van der Waals surface area contributed by atoms with Crippen LogP contribution in [0.3, 0.4) is 0 Å². The summed E-state index contributed by atoms with van der Waals surface area (Å²) < 4.78 is 22.5. The monoisotopic (exact) mass is 499 g/mol. The van der Waals surface area contributed by atoms with Crippen molar-refractivity contribution in [1.29, 1.82) is 0 Å². The lowest BCUT2D eigenvalue weighted by Crippen LogP contribution is -2.50. The molecule has 1 saturated carbocycles. The fourth-order valence-electron chi connectivity index (χ4n) is 6.75. The number of benzene rings is 1. The second kappa shape index (κ2) is 10.9. The van der Waals surface area contributed by atoms with Crippen LogP contribution in [-0.2, 0) is 29.2 Å². The van der Waals surface area contributed by atoms with Gasteiger partial charge in [0.2, 0.25) is 0 Å². The van der Waals surface area contributed by atoms with Gasteiger partial charge in [0.1, 0.15) is 6.10 Å². The molecule has 0 radical (unpaired) electrons. The number of carbonyl (C=O) groups is 2. The van der Waals surface area contributed by atoms with E-state index in [9.17, 15) is 9.59 Å². The molecule has 7 nitrogen and oxygen atoms in total. The normalized spacial score (nSPS) is 32.0. The van der Waals surface area contributed by atoms with Crippen molar-refractivity contribution in [2.24, 2.45) is 23.7 Å². The van der Waals surface area contributed by atoms with E-state index in [1.807, 2.05) is 18.2 Å². The first-order valence-electron chi connectivity index (χ1n) is 13.1. The predicted molar refractivity (Wildman–Crippen MR) is 136 cm³/mol. The molecule has 0 aromatic heterocycles. The molecule has 2 heterocycles. The van der Waals surface area contributed by atoms with Gasteiger partial charge in [-0.05, 0) is 36.2 Å². The second-order valence-corrected chi connectivity index (χ2v) is 11.2. The third kappa shape index (κ3) is 4.92. The van der Waals surface area contributed by atoms with Gasteiger partial charge in [0, 0.05) is 32.1 Å². The highest BCUT2D eigenvalue weighted by Gasteiger charge is 2.54. The van der Waals surface area contributed by atoms with E-state index in [2.05, 4.69) is 45.0 Å². The molecule has 0 N–H and O–H groups in total. The number of hydrogen-bond donors (Lipinski definition) is 0. The molecule has 2 bridgehead atoms. The van der Waals surface area contributed by atoms with E-state index < -0.39 is 24.3 Å². The van der Waals surface area contributed by atoms with Crippen LogP contribution in [0.25, 0.3) is 0 Å². The molecule has 0 unspecified atom stereocenters. The fraction of sp³-hybridized carbons (Fsp3) is 0.655. The number of esters is 1. The Balaban J connectivity index is 1.56. The van der Waals surface area contributed by atoms with Crippen LogP contribution in [0.1, 0.15) is 52.0 Å². The molecule has 1 saturated heterocycles. The van der Waals surface area contributed by atoms with Crippen LogP contribution >= 0.6 is 0 Å². The van der Waals surface area contributed by atoms with Crippen LogP contribution in [0.4, 0.5) is 4.79 Å². The summed E-state index contributed by atoms with van der Waals surface area (Å²) in [6.07, 6.45) is 6.24. The zero-order chi connectivity index (χ0) is 26.0. The molecule has 198 valence electrons. The topological polar surface area (TPSA) is 74.3 Å². The van der Waals surface area contributed by atoms with E-state index in [1.165, 1.54) is 12.7 Å². The third-order valence-corrected chi connectivity index (χ3v) is 8.79. The van der Waals surface area contributed by atoms with Crippen LogP contribution < -0.4 is 0 Å². The smallest absolute Gasteiger partial charge is 0.410 e. The molecule has 2 aliphatic heterocycles. The molecular formula is C29H41NO6. The largest absolute Gasteiger partial charge is 0.462 e. The van der Waals surface area contributed by atoms with E-state index in [0.29, 0.717) is 12.3 Å². The SMILES string of the molecule is COC(=O)N1[C@H]2C=C[C@@H](C(OC)OC)[C@@H]1C[C@@H]2C(=O)O[C@@H]1C[C@H](C)CC[C@H]1C(C)(C)c1ccccc1. The van der Waals surface area contributed by atoms with E-state index in [-0.39, 0.29) is 35.4 Å². The Bertz CT molecular complexity index is 942. The Labute approximate surface area is 215 Å². The number of carbonyl (C=O) groups excluding carboxylic acids is 2. The lowest BCUT2D eigenvalue weighted by atomic mass is 9.64. The van der Waals surface area contributed by atoms with Gasteiger partial charge in [-0.15, -0.1) is 0 Å².